The molecule has 2 nitrogen and oxygen atoms in total. The average Bonchev–Trinajstić information content (AvgIpc) is 3.14. The van der Waals surface area contributed by atoms with E-state index in [0.29, 0.717) is 0 Å². The predicted octanol–water partition coefficient (Wildman–Crippen LogP) is 11.4. The molecule has 0 unspecified atom stereocenters. The van der Waals surface area contributed by atoms with E-state index in [0.717, 1.165) is 57.2 Å². The van der Waals surface area contributed by atoms with Crippen LogP contribution in [0.1, 0.15) is 23.2 Å². The Balaban J connectivity index is 1.36. The quantitative estimate of drug-likeness (QED) is 0.192. The molecule has 0 N–H and O–H groups in total. The summed E-state index contributed by atoms with van der Waals surface area (Å²) in [5, 5.41) is 4.65. The molecule has 0 spiro atoms. The Morgan fingerprint density at radius 3 is 1.72 bits per heavy atom. The van der Waals surface area contributed by atoms with E-state index in [1.807, 2.05) is 0 Å². The number of benzene rings is 6. The minimum atomic E-state index is 0.929. The summed E-state index contributed by atoms with van der Waals surface area (Å²) >= 11 is 0. The number of fused-ring (bicyclic) bond motifs is 5. The molecular weight excluding hydrogens is 556 g/mol. The van der Waals surface area contributed by atoms with E-state index < -0.39 is 0 Å². The first-order chi connectivity index (χ1) is 22.8. The summed E-state index contributed by atoms with van der Waals surface area (Å²) in [4.78, 5) is 10.9. The largest absolute Gasteiger partial charge is 0.246 e. The van der Waals surface area contributed by atoms with Gasteiger partial charge in [-0.1, -0.05) is 133 Å². The zero-order valence-electron chi connectivity index (χ0n) is 25.3. The van der Waals surface area contributed by atoms with E-state index >= 15 is 0 Å². The molecule has 0 bridgehead atoms. The van der Waals surface area contributed by atoms with Gasteiger partial charge in [0.25, 0.3) is 0 Å². The molecule has 2 heteroatoms. The molecule has 46 heavy (non-hydrogen) atoms. The Labute approximate surface area is 268 Å². The molecule has 1 aliphatic rings. The maximum Gasteiger partial charge on any atom is 0.0978 e. The SMILES string of the molecule is C1=C(c2cc(-c3ccccc3)c3ccc4c(-c5ccccc5)cc(-c5ccc6ccccc6c5)nc4c3n2)CCc2ccccc21. The van der Waals surface area contributed by atoms with Crippen LogP contribution in [0.2, 0.25) is 0 Å². The van der Waals surface area contributed by atoms with Gasteiger partial charge in [-0.2, -0.15) is 0 Å². The van der Waals surface area contributed by atoms with Gasteiger partial charge in [0.15, 0.2) is 0 Å². The fourth-order valence-electron chi connectivity index (χ4n) is 6.98. The van der Waals surface area contributed by atoms with Crippen LogP contribution >= 0.6 is 0 Å². The number of rotatable bonds is 4. The van der Waals surface area contributed by atoms with Crippen molar-refractivity contribution in [1.82, 2.24) is 9.97 Å². The maximum atomic E-state index is 5.47. The Kier molecular flexibility index (Phi) is 6.31. The minimum Gasteiger partial charge on any atom is -0.246 e. The Morgan fingerprint density at radius 1 is 0.413 bits per heavy atom. The van der Waals surface area contributed by atoms with Crippen LogP contribution in [0.3, 0.4) is 0 Å². The van der Waals surface area contributed by atoms with Crippen molar-refractivity contribution in [2.45, 2.75) is 12.8 Å². The normalized spacial score (nSPS) is 12.7. The second-order valence-corrected chi connectivity index (χ2v) is 12.1. The van der Waals surface area contributed by atoms with E-state index in [1.165, 1.54) is 44.2 Å². The van der Waals surface area contributed by atoms with Gasteiger partial charge in [-0.15, -0.1) is 0 Å². The lowest BCUT2D eigenvalue weighted by Crippen LogP contribution is -2.02. The zero-order valence-corrected chi connectivity index (χ0v) is 25.3. The summed E-state index contributed by atoms with van der Waals surface area (Å²) in [5.74, 6) is 0. The predicted molar refractivity (Wildman–Crippen MR) is 193 cm³/mol. The molecule has 0 aliphatic heterocycles. The van der Waals surface area contributed by atoms with Crippen molar-refractivity contribution in [1.29, 1.82) is 0 Å². The van der Waals surface area contributed by atoms with Crippen molar-refractivity contribution >= 4 is 44.2 Å². The number of aromatic nitrogens is 2. The van der Waals surface area contributed by atoms with Gasteiger partial charge in [-0.25, -0.2) is 9.97 Å². The zero-order chi connectivity index (χ0) is 30.5. The van der Waals surface area contributed by atoms with Crippen molar-refractivity contribution in [3.8, 4) is 33.5 Å². The standard InChI is InChI=1S/C44H30N2/c1-3-13-31(14-4-1)39-27-41(35-21-19-29-11-7-9-17-33(29)25-35)45-43-37(39)23-24-38-40(32-15-5-2-6-16-32)28-42(46-44(38)43)36-22-20-30-12-8-10-18-34(30)26-36/h1-19,21,23-28H,20,22H2. The maximum absolute atomic E-state index is 5.47. The van der Waals surface area contributed by atoms with E-state index in [4.69, 9.17) is 9.97 Å². The van der Waals surface area contributed by atoms with Crippen LogP contribution in [0.5, 0.6) is 0 Å². The van der Waals surface area contributed by atoms with Gasteiger partial charge in [0.05, 0.1) is 22.4 Å². The van der Waals surface area contributed by atoms with Gasteiger partial charge in [-0.3, -0.25) is 0 Å². The average molecular weight is 587 g/mol. The molecule has 2 aromatic heterocycles. The van der Waals surface area contributed by atoms with Crippen LogP contribution < -0.4 is 0 Å². The Hall–Kier alpha value is -5.86. The fourth-order valence-corrected chi connectivity index (χ4v) is 6.98. The lowest BCUT2D eigenvalue weighted by atomic mass is 9.89. The van der Waals surface area contributed by atoms with Crippen LogP contribution in [-0.2, 0) is 6.42 Å². The van der Waals surface area contributed by atoms with Gasteiger partial charge < -0.3 is 0 Å². The van der Waals surface area contributed by atoms with Crippen molar-refractivity contribution < 1.29 is 0 Å². The smallest absolute Gasteiger partial charge is 0.0978 e. The minimum absolute atomic E-state index is 0.929. The topological polar surface area (TPSA) is 25.8 Å². The van der Waals surface area contributed by atoms with E-state index in [1.54, 1.807) is 0 Å². The first kappa shape index (κ1) is 26.5. The molecule has 216 valence electrons. The summed E-state index contributed by atoms with van der Waals surface area (Å²) in [6.45, 7) is 0. The molecule has 8 aromatic rings. The second kappa shape index (κ2) is 10.9. The lowest BCUT2D eigenvalue weighted by molar-refractivity contribution is 0.994. The monoisotopic (exact) mass is 586 g/mol. The van der Waals surface area contributed by atoms with E-state index in [-0.39, 0.29) is 0 Å². The molecule has 0 fully saturated rings. The highest BCUT2D eigenvalue weighted by molar-refractivity contribution is 6.13. The first-order valence-corrected chi connectivity index (χ1v) is 16.0. The molecule has 0 atom stereocenters. The number of allylic oxidation sites excluding steroid dienone is 1. The Morgan fingerprint density at radius 2 is 1.00 bits per heavy atom. The summed E-state index contributed by atoms with van der Waals surface area (Å²) in [7, 11) is 0. The highest BCUT2D eigenvalue weighted by Crippen LogP contribution is 2.40. The van der Waals surface area contributed by atoms with Crippen LogP contribution in [0.15, 0.2) is 152 Å². The van der Waals surface area contributed by atoms with Gasteiger partial charge in [0.2, 0.25) is 0 Å². The molecule has 9 rings (SSSR count). The van der Waals surface area contributed by atoms with Gasteiger partial charge in [0.1, 0.15) is 0 Å². The third kappa shape index (κ3) is 4.58. The third-order valence-electron chi connectivity index (χ3n) is 9.35. The number of hydrogen-bond acceptors (Lipinski definition) is 2. The number of nitrogens with zero attached hydrogens (tertiary/aromatic N) is 2. The lowest BCUT2D eigenvalue weighted by Gasteiger charge is -2.19. The third-order valence-corrected chi connectivity index (χ3v) is 9.35. The first-order valence-electron chi connectivity index (χ1n) is 16.0. The molecule has 0 amide bonds. The molecule has 1 aliphatic carbocycles. The van der Waals surface area contributed by atoms with E-state index in [2.05, 4.69) is 158 Å². The van der Waals surface area contributed by atoms with Crippen molar-refractivity contribution in [3.05, 3.63) is 168 Å². The fraction of sp³-hybridized carbons (Fsp3) is 0.0455. The van der Waals surface area contributed by atoms with Crippen LogP contribution in [0, 0.1) is 0 Å². The Bertz CT molecular complexity index is 2460. The van der Waals surface area contributed by atoms with Crippen molar-refractivity contribution in [2.75, 3.05) is 0 Å². The van der Waals surface area contributed by atoms with Gasteiger partial charge in [-0.05, 0) is 86.8 Å². The summed E-state index contributed by atoms with van der Waals surface area (Å²) in [6, 6.07) is 54.2. The summed E-state index contributed by atoms with van der Waals surface area (Å²) in [5.41, 5.74) is 13.6. The number of hydrogen-bond donors (Lipinski definition) is 0. The van der Waals surface area contributed by atoms with Gasteiger partial charge in [0, 0.05) is 16.3 Å². The summed E-state index contributed by atoms with van der Waals surface area (Å²) in [6.07, 6.45) is 4.30. The number of aryl methyl sites for hydroxylation is 1. The highest BCUT2D eigenvalue weighted by Gasteiger charge is 2.19. The highest BCUT2D eigenvalue weighted by atomic mass is 14.8. The van der Waals surface area contributed by atoms with Crippen LogP contribution in [0.25, 0.3) is 77.7 Å². The van der Waals surface area contributed by atoms with Crippen molar-refractivity contribution in [2.24, 2.45) is 0 Å². The summed E-state index contributed by atoms with van der Waals surface area (Å²) < 4.78 is 0. The molecule has 6 aromatic carbocycles. The van der Waals surface area contributed by atoms with Crippen LogP contribution in [0.4, 0.5) is 0 Å². The van der Waals surface area contributed by atoms with Gasteiger partial charge >= 0.3 is 0 Å². The molecule has 0 radical (unpaired) electrons. The molecule has 0 saturated heterocycles. The van der Waals surface area contributed by atoms with E-state index in [9.17, 15) is 0 Å². The molecule has 0 saturated carbocycles. The van der Waals surface area contributed by atoms with Crippen molar-refractivity contribution in [3.63, 3.8) is 0 Å². The molecular formula is C44H30N2. The number of pyridine rings is 2. The second-order valence-electron chi connectivity index (χ2n) is 12.1. The van der Waals surface area contributed by atoms with Crippen LogP contribution in [-0.4, -0.2) is 9.97 Å². The molecule has 2 heterocycles.